The van der Waals surface area contributed by atoms with Crippen LogP contribution in [0.25, 0.3) is 0 Å². The van der Waals surface area contributed by atoms with Gasteiger partial charge >= 0.3 is 5.97 Å². The zero-order valence-corrected chi connectivity index (χ0v) is 17.4. The molecule has 1 unspecified atom stereocenters. The monoisotopic (exact) mass is 442 g/mol. The summed E-state index contributed by atoms with van der Waals surface area (Å²) in [4.78, 5) is 15.3. The second kappa shape index (κ2) is 8.70. The van der Waals surface area contributed by atoms with Gasteiger partial charge in [-0.3, -0.25) is 9.78 Å². The van der Waals surface area contributed by atoms with Crippen LogP contribution in [0.2, 0.25) is 0 Å². The van der Waals surface area contributed by atoms with Crippen molar-refractivity contribution in [2.75, 3.05) is 0 Å². The molecule has 6 nitrogen and oxygen atoms in total. The van der Waals surface area contributed by atoms with Crippen molar-refractivity contribution in [3.8, 4) is 6.07 Å². The highest BCUT2D eigenvalue weighted by Crippen LogP contribution is 2.44. The molecule has 28 heavy (non-hydrogen) atoms. The number of rotatable bonds is 8. The van der Waals surface area contributed by atoms with Crippen molar-refractivity contribution >= 4 is 27.6 Å². The van der Waals surface area contributed by atoms with E-state index in [1.165, 1.54) is 0 Å². The Morgan fingerprint density at radius 2 is 2.21 bits per heavy atom. The Bertz CT molecular complexity index is 944. The van der Waals surface area contributed by atoms with Gasteiger partial charge in [0.25, 0.3) is 0 Å². The maximum absolute atomic E-state index is 10.9. The summed E-state index contributed by atoms with van der Waals surface area (Å²) in [6.45, 7) is 2.09. The predicted molar refractivity (Wildman–Crippen MR) is 110 cm³/mol. The molecular formula is C21H23BrN4O2. The fourth-order valence-corrected chi connectivity index (χ4v) is 4.38. The Labute approximate surface area is 173 Å². The fraction of sp³-hybridized carbons (Fsp3) is 0.429. The number of carboxylic acid groups (broad SMARTS) is 1. The highest BCUT2D eigenvalue weighted by atomic mass is 79.9. The zero-order valence-electron chi connectivity index (χ0n) is 15.9. The Hall–Kier alpha value is -2.46. The van der Waals surface area contributed by atoms with Crippen LogP contribution in [0.4, 0.5) is 0 Å². The molecule has 1 N–H and O–H groups in total. The Morgan fingerprint density at radius 1 is 1.39 bits per heavy atom. The van der Waals surface area contributed by atoms with Crippen LogP contribution in [-0.2, 0) is 16.6 Å². The molecule has 0 radical (unpaired) electrons. The van der Waals surface area contributed by atoms with Crippen molar-refractivity contribution in [1.82, 2.24) is 9.66 Å². The van der Waals surface area contributed by atoms with Crippen molar-refractivity contribution < 1.29 is 9.90 Å². The van der Waals surface area contributed by atoms with Gasteiger partial charge in [-0.25, -0.2) is 4.68 Å². The molecule has 0 saturated heterocycles. The van der Waals surface area contributed by atoms with Crippen molar-refractivity contribution in [2.24, 2.45) is 5.10 Å². The van der Waals surface area contributed by atoms with E-state index in [4.69, 9.17) is 10.2 Å². The molecule has 0 bridgehead atoms. The van der Waals surface area contributed by atoms with E-state index in [2.05, 4.69) is 52.1 Å². The third-order valence-electron chi connectivity index (χ3n) is 5.32. The van der Waals surface area contributed by atoms with Crippen LogP contribution >= 0.6 is 15.9 Å². The van der Waals surface area contributed by atoms with Crippen molar-refractivity contribution in [3.63, 3.8) is 0 Å². The van der Waals surface area contributed by atoms with Crippen molar-refractivity contribution in [3.05, 3.63) is 52.0 Å². The molecule has 2 aromatic rings. The van der Waals surface area contributed by atoms with Crippen molar-refractivity contribution in [1.29, 1.82) is 5.26 Å². The second-order valence-corrected chi connectivity index (χ2v) is 8.04. The lowest BCUT2D eigenvalue weighted by molar-refractivity contribution is -0.137. The molecule has 0 saturated carbocycles. The third-order valence-corrected chi connectivity index (χ3v) is 5.75. The van der Waals surface area contributed by atoms with E-state index in [9.17, 15) is 10.1 Å². The molecular weight excluding hydrogens is 420 g/mol. The maximum atomic E-state index is 10.9. The molecule has 0 amide bonds. The number of hydrogen-bond donors (Lipinski definition) is 1. The van der Waals surface area contributed by atoms with Gasteiger partial charge in [0, 0.05) is 40.8 Å². The third kappa shape index (κ3) is 4.02. The number of pyridine rings is 1. The molecule has 1 aliphatic heterocycles. The van der Waals surface area contributed by atoms with Gasteiger partial charge in [-0.15, -0.1) is 0 Å². The normalized spacial score (nSPS) is 18.2. The molecule has 0 aromatic carbocycles. The van der Waals surface area contributed by atoms with Crippen LogP contribution in [0.15, 0.2) is 40.2 Å². The molecule has 0 fully saturated rings. The van der Waals surface area contributed by atoms with E-state index < -0.39 is 5.97 Å². The summed E-state index contributed by atoms with van der Waals surface area (Å²) in [6.07, 6.45) is 7.71. The number of carbonyl (C=O) groups is 1. The number of hydrogen-bond acceptors (Lipinski definition) is 4. The van der Waals surface area contributed by atoms with Gasteiger partial charge in [0.15, 0.2) is 0 Å². The van der Waals surface area contributed by atoms with Crippen molar-refractivity contribution in [2.45, 2.75) is 57.3 Å². The first kappa shape index (κ1) is 20.3. The first-order valence-corrected chi connectivity index (χ1v) is 10.3. The first-order valence-electron chi connectivity index (χ1n) is 9.47. The summed E-state index contributed by atoms with van der Waals surface area (Å²) < 4.78 is 2.88. The number of halogens is 1. The van der Waals surface area contributed by atoms with E-state index in [0.29, 0.717) is 12.8 Å². The molecule has 1 atom stereocenters. The van der Waals surface area contributed by atoms with Crippen LogP contribution in [0.3, 0.4) is 0 Å². The number of carboxylic acids is 1. The fourth-order valence-electron chi connectivity index (χ4n) is 4.01. The van der Waals surface area contributed by atoms with Crippen LogP contribution in [-0.4, -0.2) is 26.4 Å². The molecule has 0 aliphatic carbocycles. The van der Waals surface area contributed by atoms with Gasteiger partial charge in [-0.2, -0.15) is 10.4 Å². The average molecular weight is 443 g/mol. The number of nitrogens with zero attached hydrogens (tertiary/aromatic N) is 4. The Morgan fingerprint density at radius 3 is 2.89 bits per heavy atom. The smallest absolute Gasteiger partial charge is 0.303 e. The number of nitriles is 1. The topological polar surface area (TPSA) is 91.3 Å². The lowest BCUT2D eigenvalue weighted by Crippen LogP contribution is -2.37. The summed E-state index contributed by atoms with van der Waals surface area (Å²) >= 11 is 3.53. The van der Waals surface area contributed by atoms with E-state index in [1.807, 2.05) is 10.9 Å². The second-order valence-electron chi connectivity index (χ2n) is 7.13. The van der Waals surface area contributed by atoms with Gasteiger partial charge in [-0.1, -0.05) is 13.3 Å². The minimum absolute atomic E-state index is 0.160. The number of fused-ring (bicyclic) bond motifs is 1. The van der Waals surface area contributed by atoms with Gasteiger partial charge in [0.1, 0.15) is 0 Å². The highest BCUT2D eigenvalue weighted by Gasteiger charge is 2.41. The quantitative estimate of drug-likeness (QED) is 0.601. The van der Waals surface area contributed by atoms with E-state index >= 15 is 0 Å². The maximum Gasteiger partial charge on any atom is 0.303 e. The first-order chi connectivity index (χ1) is 13.5. The van der Waals surface area contributed by atoms with E-state index in [-0.39, 0.29) is 18.3 Å². The molecule has 3 heterocycles. The van der Waals surface area contributed by atoms with Crippen LogP contribution < -0.4 is 0 Å². The molecule has 1 aliphatic rings. The number of aliphatic carboxylic acids is 1. The van der Waals surface area contributed by atoms with Crippen LogP contribution in [0.5, 0.6) is 0 Å². The van der Waals surface area contributed by atoms with E-state index in [0.717, 1.165) is 46.4 Å². The van der Waals surface area contributed by atoms with Crippen LogP contribution in [0.1, 0.15) is 62.4 Å². The lowest BCUT2D eigenvalue weighted by atomic mass is 9.69. The largest absolute Gasteiger partial charge is 0.481 e. The highest BCUT2D eigenvalue weighted by molar-refractivity contribution is 9.10. The van der Waals surface area contributed by atoms with E-state index in [1.54, 1.807) is 6.20 Å². The summed E-state index contributed by atoms with van der Waals surface area (Å²) in [6, 6.07) is 8.51. The Kier molecular flexibility index (Phi) is 6.30. The van der Waals surface area contributed by atoms with Crippen LogP contribution in [0, 0.1) is 11.3 Å². The minimum atomic E-state index is -0.773. The summed E-state index contributed by atoms with van der Waals surface area (Å²) in [5.41, 5.74) is 3.71. The SMILES string of the molecule is CCc1ccc2n1N=C(CC#N)CC2(CCCCC(=O)O)c1cncc(Br)c1. The zero-order chi connectivity index (χ0) is 20.1. The van der Waals surface area contributed by atoms with Gasteiger partial charge in [0.05, 0.1) is 23.9 Å². The Balaban J connectivity index is 2.10. The number of aryl methyl sites for hydroxylation is 1. The summed E-state index contributed by atoms with van der Waals surface area (Å²) in [5, 5.41) is 23.0. The number of unbranched alkanes of at least 4 members (excludes halogenated alkanes) is 1. The average Bonchev–Trinajstić information content (AvgIpc) is 3.09. The summed E-state index contributed by atoms with van der Waals surface area (Å²) in [7, 11) is 0. The molecule has 2 aromatic heterocycles. The predicted octanol–water partition coefficient (Wildman–Crippen LogP) is 4.66. The minimum Gasteiger partial charge on any atom is -0.481 e. The standard InChI is InChI=1S/C21H23BrN4O2/c1-2-18-6-7-19-21(9-4-3-5-20(27)28,15-11-16(22)14-24-13-15)12-17(8-10-23)25-26(18)19/h6-7,11,13-14H,2-5,8-9,12H2,1H3,(H,27,28). The summed E-state index contributed by atoms with van der Waals surface area (Å²) in [5.74, 6) is -0.773. The molecule has 3 rings (SSSR count). The molecule has 146 valence electrons. The molecule has 7 heteroatoms. The molecule has 0 spiro atoms. The number of aromatic nitrogens is 2. The van der Waals surface area contributed by atoms with Gasteiger partial charge in [0.2, 0.25) is 0 Å². The van der Waals surface area contributed by atoms with Gasteiger partial charge < -0.3 is 5.11 Å². The lowest BCUT2D eigenvalue weighted by Gasteiger charge is -2.38. The van der Waals surface area contributed by atoms with Gasteiger partial charge in [-0.05, 0) is 59.0 Å².